The molecule has 0 aliphatic carbocycles. The molecule has 0 saturated carbocycles. The molecule has 9 heteroatoms. The van der Waals surface area contributed by atoms with E-state index in [9.17, 15) is 22.8 Å². The quantitative estimate of drug-likeness (QED) is 0.791. The number of hydrogen-bond acceptors (Lipinski definition) is 3. The van der Waals surface area contributed by atoms with Crippen LogP contribution in [0.25, 0.3) is 0 Å². The number of aromatic carboxylic acids is 1. The zero-order chi connectivity index (χ0) is 16.2. The Morgan fingerprint density at radius 2 is 2.05 bits per heavy atom. The second-order valence-electron chi connectivity index (χ2n) is 3.66. The van der Waals surface area contributed by atoms with Crippen LogP contribution in [0.4, 0.5) is 23.7 Å². The fraction of sp³-hybridized carbons (Fsp3) is 0.167. The summed E-state index contributed by atoms with van der Waals surface area (Å²) in [5.74, 6) is -1.62. The third-order valence-electron chi connectivity index (χ3n) is 2.23. The summed E-state index contributed by atoms with van der Waals surface area (Å²) in [5.41, 5.74) is -2.91. The number of anilines is 1. The fourth-order valence-electron chi connectivity index (χ4n) is 1.44. The average Bonchev–Trinajstić information content (AvgIpc) is 2.34. The van der Waals surface area contributed by atoms with Gasteiger partial charge >= 0.3 is 18.2 Å². The molecule has 0 atom stereocenters. The molecule has 0 aromatic heterocycles. The molecule has 5 nitrogen and oxygen atoms in total. The van der Waals surface area contributed by atoms with Crippen LogP contribution >= 0.6 is 15.9 Å². The van der Waals surface area contributed by atoms with E-state index in [1.54, 1.807) is 5.32 Å². The highest BCUT2D eigenvalue weighted by Crippen LogP contribution is 2.41. The van der Waals surface area contributed by atoms with E-state index in [0.717, 1.165) is 12.1 Å². The number of carboxylic acids is 1. The zero-order valence-corrected chi connectivity index (χ0v) is 11.9. The van der Waals surface area contributed by atoms with E-state index < -0.39 is 39.5 Å². The van der Waals surface area contributed by atoms with Crippen LogP contribution in [0.1, 0.15) is 15.9 Å². The number of hydrogen-bond donors (Lipinski definition) is 2. The Kier molecular flexibility index (Phi) is 5.36. The summed E-state index contributed by atoms with van der Waals surface area (Å²) >= 11 is 2.69. The lowest BCUT2D eigenvalue weighted by Gasteiger charge is -2.17. The number of nitrogens with one attached hydrogen (secondary N) is 1. The highest BCUT2D eigenvalue weighted by molar-refractivity contribution is 9.10. The maximum Gasteiger partial charge on any atom is 0.419 e. The standard InChI is InChI=1S/C12H9BrF3NO4/c1-2-5-21-11(20)17-9-6(10(18)19)3-4-7(13)8(9)12(14,15)16/h2-4H,1,5H2,(H,17,20)(H,18,19). The minimum atomic E-state index is -4.87. The molecule has 0 aliphatic rings. The van der Waals surface area contributed by atoms with Gasteiger partial charge in [-0.15, -0.1) is 0 Å². The van der Waals surface area contributed by atoms with Crippen molar-refractivity contribution < 1.29 is 32.6 Å². The largest absolute Gasteiger partial charge is 0.478 e. The highest BCUT2D eigenvalue weighted by atomic mass is 79.9. The number of carboxylic acid groups (broad SMARTS) is 1. The van der Waals surface area contributed by atoms with Crippen molar-refractivity contribution in [2.45, 2.75) is 6.18 Å². The molecule has 0 spiro atoms. The van der Waals surface area contributed by atoms with Gasteiger partial charge in [0.2, 0.25) is 0 Å². The van der Waals surface area contributed by atoms with Crippen molar-refractivity contribution in [3.8, 4) is 0 Å². The van der Waals surface area contributed by atoms with Gasteiger partial charge in [-0.2, -0.15) is 13.2 Å². The summed E-state index contributed by atoms with van der Waals surface area (Å²) < 4.78 is 43.2. The van der Waals surface area contributed by atoms with Crippen LogP contribution < -0.4 is 5.32 Å². The predicted octanol–water partition coefficient (Wildman–Crippen LogP) is 3.90. The molecule has 1 aromatic rings. The molecular formula is C12H9BrF3NO4. The lowest BCUT2D eigenvalue weighted by molar-refractivity contribution is -0.137. The Morgan fingerprint density at radius 3 is 2.52 bits per heavy atom. The Hall–Kier alpha value is -2.03. The SMILES string of the molecule is C=CCOC(=O)Nc1c(C(=O)O)ccc(Br)c1C(F)(F)F. The lowest BCUT2D eigenvalue weighted by Crippen LogP contribution is -2.21. The summed E-state index contributed by atoms with van der Waals surface area (Å²) in [5, 5.41) is 10.7. The molecule has 0 saturated heterocycles. The highest BCUT2D eigenvalue weighted by Gasteiger charge is 2.38. The minimum absolute atomic E-state index is 0.233. The van der Waals surface area contributed by atoms with Crippen molar-refractivity contribution >= 4 is 33.7 Å². The van der Waals surface area contributed by atoms with Crippen LogP contribution in [0, 0.1) is 0 Å². The van der Waals surface area contributed by atoms with E-state index in [1.807, 2.05) is 0 Å². The first kappa shape index (κ1) is 17.0. The van der Waals surface area contributed by atoms with Gasteiger partial charge in [0.25, 0.3) is 0 Å². The molecule has 21 heavy (non-hydrogen) atoms. The van der Waals surface area contributed by atoms with Gasteiger partial charge in [0.1, 0.15) is 6.61 Å². The number of carbonyl (C=O) groups excluding carboxylic acids is 1. The molecule has 1 rings (SSSR count). The van der Waals surface area contributed by atoms with Gasteiger partial charge in [-0.25, -0.2) is 9.59 Å². The molecular weight excluding hydrogens is 359 g/mol. The maximum absolute atomic E-state index is 13.0. The summed E-state index contributed by atoms with van der Waals surface area (Å²) in [6.07, 6.45) is -4.88. The number of carbonyl (C=O) groups is 2. The number of benzene rings is 1. The Bertz CT molecular complexity index is 587. The molecule has 114 valence electrons. The Morgan fingerprint density at radius 1 is 1.43 bits per heavy atom. The predicted molar refractivity (Wildman–Crippen MR) is 71.3 cm³/mol. The minimum Gasteiger partial charge on any atom is -0.478 e. The van der Waals surface area contributed by atoms with Gasteiger partial charge in [-0.3, -0.25) is 5.32 Å². The van der Waals surface area contributed by atoms with Crippen LogP contribution in [0.5, 0.6) is 0 Å². The topological polar surface area (TPSA) is 75.6 Å². The molecule has 2 N–H and O–H groups in total. The molecule has 1 aromatic carbocycles. The van der Waals surface area contributed by atoms with Crippen LogP contribution in [0.3, 0.4) is 0 Å². The van der Waals surface area contributed by atoms with E-state index in [2.05, 4.69) is 27.2 Å². The van der Waals surface area contributed by atoms with Crippen molar-refractivity contribution in [3.05, 3.63) is 40.4 Å². The van der Waals surface area contributed by atoms with Crippen LogP contribution in [0.15, 0.2) is 29.3 Å². The van der Waals surface area contributed by atoms with Crippen LogP contribution in [-0.4, -0.2) is 23.8 Å². The van der Waals surface area contributed by atoms with Gasteiger partial charge in [-0.1, -0.05) is 28.6 Å². The number of rotatable bonds is 4. The van der Waals surface area contributed by atoms with Crippen molar-refractivity contribution in [2.75, 3.05) is 11.9 Å². The van der Waals surface area contributed by atoms with Crippen LogP contribution in [-0.2, 0) is 10.9 Å². The average molecular weight is 368 g/mol. The number of alkyl halides is 3. The molecule has 0 bridgehead atoms. The van der Waals surface area contributed by atoms with Crippen molar-refractivity contribution in [1.82, 2.24) is 0 Å². The smallest absolute Gasteiger partial charge is 0.419 e. The van der Waals surface area contributed by atoms with Crippen molar-refractivity contribution in [1.29, 1.82) is 0 Å². The molecule has 0 fully saturated rings. The van der Waals surface area contributed by atoms with Gasteiger partial charge in [0, 0.05) is 4.47 Å². The maximum atomic E-state index is 13.0. The molecule has 0 unspecified atom stereocenters. The summed E-state index contributed by atoms with van der Waals surface area (Å²) in [6, 6.07) is 1.87. The lowest BCUT2D eigenvalue weighted by atomic mass is 10.1. The second kappa shape index (κ2) is 6.61. The zero-order valence-electron chi connectivity index (χ0n) is 10.3. The molecule has 1 amide bonds. The third kappa shape index (κ3) is 4.22. The van der Waals surface area contributed by atoms with Gasteiger partial charge in [0.15, 0.2) is 0 Å². The van der Waals surface area contributed by atoms with Gasteiger partial charge < -0.3 is 9.84 Å². The second-order valence-corrected chi connectivity index (χ2v) is 4.51. The van der Waals surface area contributed by atoms with Gasteiger partial charge in [0.05, 0.1) is 16.8 Å². The van der Waals surface area contributed by atoms with E-state index >= 15 is 0 Å². The van der Waals surface area contributed by atoms with E-state index in [4.69, 9.17) is 5.11 Å². The molecule has 0 radical (unpaired) electrons. The van der Waals surface area contributed by atoms with Crippen molar-refractivity contribution in [3.63, 3.8) is 0 Å². The van der Waals surface area contributed by atoms with Crippen molar-refractivity contribution in [2.24, 2.45) is 0 Å². The normalized spacial score (nSPS) is 10.9. The first-order valence-corrected chi connectivity index (χ1v) is 6.15. The van der Waals surface area contributed by atoms with E-state index in [0.29, 0.717) is 0 Å². The monoisotopic (exact) mass is 367 g/mol. The van der Waals surface area contributed by atoms with E-state index in [-0.39, 0.29) is 6.61 Å². The van der Waals surface area contributed by atoms with Crippen LogP contribution in [0.2, 0.25) is 0 Å². The molecule has 0 aliphatic heterocycles. The summed E-state index contributed by atoms with van der Waals surface area (Å²) in [4.78, 5) is 22.4. The Labute approximate surface area is 125 Å². The summed E-state index contributed by atoms with van der Waals surface area (Å²) in [6.45, 7) is 3.04. The fourth-order valence-corrected chi connectivity index (χ4v) is 1.99. The third-order valence-corrected chi connectivity index (χ3v) is 2.89. The number of ether oxygens (including phenoxy) is 1. The number of amides is 1. The first-order chi connectivity index (χ1) is 9.68. The first-order valence-electron chi connectivity index (χ1n) is 5.36. The summed E-state index contributed by atoms with van der Waals surface area (Å²) in [7, 11) is 0. The Balaban J connectivity index is 3.36. The molecule has 0 heterocycles. The van der Waals surface area contributed by atoms with E-state index in [1.165, 1.54) is 6.08 Å². The van der Waals surface area contributed by atoms with Gasteiger partial charge in [-0.05, 0) is 12.1 Å². The number of halogens is 4.